The summed E-state index contributed by atoms with van der Waals surface area (Å²) in [5.74, 6) is -1.35. The number of carbonyl (C=O) groups is 6. The van der Waals surface area contributed by atoms with Crippen molar-refractivity contribution >= 4 is 45.9 Å². The molecule has 0 saturated heterocycles. The van der Waals surface area contributed by atoms with Crippen LogP contribution in [0.3, 0.4) is 0 Å². The predicted octanol–water partition coefficient (Wildman–Crippen LogP) is 7.34. The highest BCUT2D eigenvalue weighted by Gasteiger charge is 2.38. The summed E-state index contributed by atoms with van der Waals surface area (Å²) in [5, 5.41) is -0.269. The van der Waals surface area contributed by atoms with E-state index in [4.69, 9.17) is 11.6 Å². The normalized spacial score (nSPS) is 13.0. The molecule has 0 atom stereocenters. The molecular formula is C36H37ClN4O6. The number of carbonyl (C=O) groups excluding carboxylic acids is 6. The minimum absolute atomic E-state index is 0.0216. The van der Waals surface area contributed by atoms with Crippen LogP contribution >= 0.6 is 11.6 Å². The van der Waals surface area contributed by atoms with Crippen molar-refractivity contribution < 1.29 is 28.8 Å². The molecule has 244 valence electrons. The number of rotatable bonds is 4. The first-order chi connectivity index (χ1) is 22.1. The quantitative estimate of drug-likeness (QED) is 0.177. The molecule has 0 amide bonds. The average molecular weight is 657 g/mol. The number of nitrogens with zero attached hydrogens (tertiary/aromatic N) is 3. The van der Waals surface area contributed by atoms with Crippen molar-refractivity contribution in [1.82, 2.24) is 19.5 Å². The van der Waals surface area contributed by atoms with Crippen molar-refractivity contribution in [2.24, 2.45) is 11.8 Å². The molecule has 0 bridgehead atoms. The lowest BCUT2D eigenvalue weighted by molar-refractivity contribution is -0.114. The molecule has 0 saturated carbocycles. The average Bonchev–Trinajstić information content (AvgIpc) is 3.67. The van der Waals surface area contributed by atoms with Crippen LogP contribution in [0, 0.1) is 11.8 Å². The van der Waals surface area contributed by atoms with E-state index < -0.39 is 23.1 Å². The lowest BCUT2D eigenvalue weighted by Gasteiger charge is -2.17. The Morgan fingerprint density at radius 3 is 1.55 bits per heavy atom. The molecule has 2 aliphatic rings. The van der Waals surface area contributed by atoms with Gasteiger partial charge >= 0.3 is 0 Å². The van der Waals surface area contributed by atoms with Gasteiger partial charge in [0.15, 0.2) is 0 Å². The van der Waals surface area contributed by atoms with Gasteiger partial charge in [-0.2, -0.15) is 0 Å². The Labute approximate surface area is 278 Å². The van der Waals surface area contributed by atoms with Gasteiger partial charge in [-0.1, -0.05) is 104 Å². The van der Waals surface area contributed by atoms with Gasteiger partial charge in [-0.25, -0.2) is 9.97 Å². The Kier molecular flexibility index (Phi) is 10.3. The van der Waals surface area contributed by atoms with Gasteiger partial charge in [0.05, 0.1) is 0 Å². The summed E-state index contributed by atoms with van der Waals surface area (Å²) in [6.07, 6.45) is 0. The maximum atomic E-state index is 12.6. The Balaban J connectivity index is 0.000000185. The van der Waals surface area contributed by atoms with Gasteiger partial charge < -0.3 is 4.98 Å². The molecular weight excluding hydrogens is 620 g/mol. The summed E-state index contributed by atoms with van der Waals surface area (Å²) in [4.78, 5) is 83.5. The Morgan fingerprint density at radius 2 is 1.11 bits per heavy atom. The fraction of sp³-hybridized carbons (Fsp3) is 0.333. The predicted molar refractivity (Wildman–Crippen MR) is 178 cm³/mol. The summed E-state index contributed by atoms with van der Waals surface area (Å²) in [5.41, 5.74) is 3.60. The molecule has 11 heteroatoms. The van der Waals surface area contributed by atoms with E-state index in [2.05, 4.69) is 15.0 Å². The fourth-order valence-electron chi connectivity index (χ4n) is 4.97. The van der Waals surface area contributed by atoms with Crippen LogP contribution in [0.15, 0.2) is 48.5 Å². The van der Waals surface area contributed by atoms with E-state index in [0.29, 0.717) is 39.6 Å². The number of hydrogen-bond acceptors (Lipinski definition) is 8. The number of benzene rings is 2. The molecule has 6 rings (SSSR count). The molecule has 0 aliphatic heterocycles. The third kappa shape index (κ3) is 6.69. The van der Waals surface area contributed by atoms with E-state index in [-0.39, 0.29) is 40.5 Å². The number of aromatic nitrogens is 4. The highest BCUT2D eigenvalue weighted by Crippen LogP contribution is 2.36. The van der Waals surface area contributed by atoms with Crippen LogP contribution in [0.25, 0.3) is 22.5 Å². The highest BCUT2D eigenvalue weighted by molar-refractivity contribution is 6.63. The van der Waals surface area contributed by atoms with Gasteiger partial charge in [0.2, 0.25) is 22.7 Å². The monoisotopic (exact) mass is 656 g/mol. The van der Waals surface area contributed by atoms with Crippen molar-refractivity contribution in [1.29, 1.82) is 0 Å². The number of nitrogens with one attached hydrogen (secondary N) is 1. The zero-order chi connectivity index (χ0) is 34.9. The summed E-state index contributed by atoms with van der Waals surface area (Å²) >= 11 is 4.97. The second-order valence-corrected chi connectivity index (χ2v) is 12.9. The van der Waals surface area contributed by atoms with E-state index >= 15 is 0 Å². The number of fused-ring (bicyclic) bond motifs is 6. The fourth-order valence-corrected chi connectivity index (χ4v) is 4.97. The van der Waals surface area contributed by atoms with E-state index in [0.717, 1.165) is 11.4 Å². The lowest BCUT2D eigenvalue weighted by Crippen LogP contribution is -2.29. The molecule has 4 aromatic rings. The SMILES string of the molecule is CC(C)C(=O)Cl.CC(C)C(=O)n1c(C(C)C)nc2c1C(=O)C(=O)c1ccccc1-2.CC(C)c1nc2c([nH]1)C(=O)C(=O)c1ccccc1-2. The molecule has 0 radical (unpaired) electrons. The molecule has 0 fully saturated rings. The largest absolute Gasteiger partial charge is 0.338 e. The zero-order valence-electron chi connectivity index (χ0n) is 27.6. The minimum atomic E-state index is -0.660. The van der Waals surface area contributed by atoms with E-state index in [1.807, 2.05) is 39.8 Å². The molecule has 47 heavy (non-hydrogen) atoms. The zero-order valence-corrected chi connectivity index (χ0v) is 28.4. The number of aromatic amines is 1. The van der Waals surface area contributed by atoms with Crippen LogP contribution in [-0.2, 0) is 4.79 Å². The third-order valence-electron chi connectivity index (χ3n) is 7.57. The number of imidazole rings is 2. The molecule has 2 aromatic carbocycles. The first kappa shape index (κ1) is 35.0. The number of hydrogen-bond donors (Lipinski definition) is 1. The summed E-state index contributed by atoms with van der Waals surface area (Å²) in [6.45, 7) is 14.9. The highest BCUT2D eigenvalue weighted by atomic mass is 35.5. The second-order valence-electron chi connectivity index (χ2n) is 12.5. The molecule has 2 heterocycles. The van der Waals surface area contributed by atoms with Crippen LogP contribution in [0.2, 0.25) is 0 Å². The second kappa shape index (κ2) is 13.9. The first-order valence-corrected chi connectivity index (χ1v) is 15.8. The van der Waals surface area contributed by atoms with Crippen LogP contribution in [0.5, 0.6) is 0 Å². The summed E-state index contributed by atoms with van der Waals surface area (Å²) in [7, 11) is 0. The number of H-pyrrole nitrogens is 1. The van der Waals surface area contributed by atoms with Gasteiger partial charge in [0.25, 0.3) is 11.6 Å². The van der Waals surface area contributed by atoms with Crippen LogP contribution in [0.1, 0.15) is 125 Å². The molecule has 0 unspecified atom stereocenters. The maximum absolute atomic E-state index is 12.6. The van der Waals surface area contributed by atoms with E-state index in [1.54, 1.807) is 64.1 Å². The number of Topliss-reactive ketones (excluding diaryl/α,β-unsaturated/α-hetero) is 4. The minimum Gasteiger partial charge on any atom is -0.338 e. The smallest absolute Gasteiger partial charge is 0.252 e. The van der Waals surface area contributed by atoms with Crippen molar-refractivity contribution in [3.05, 3.63) is 82.7 Å². The Bertz CT molecular complexity index is 1930. The Morgan fingerprint density at radius 1 is 0.638 bits per heavy atom. The topological polar surface area (TPSA) is 149 Å². The number of ketones is 4. The number of halogens is 1. The van der Waals surface area contributed by atoms with Crippen LogP contribution in [-0.4, -0.2) is 53.8 Å². The van der Waals surface area contributed by atoms with Gasteiger partial charge in [-0.05, 0) is 11.6 Å². The van der Waals surface area contributed by atoms with Gasteiger partial charge in [-0.15, -0.1) is 0 Å². The molecule has 2 aromatic heterocycles. The summed E-state index contributed by atoms with van der Waals surface area (Å²) < 4.78 is 1.35. The van der Waals surface area contributed by atoms with Crippen molar-refractivity contribution in [2.75, 3.05) is 0 Å². The first-order valence-electron chi connectivity index (χ1n) is 15.4. The van der Waals surface area contributed by atoms with Gasteiger partial charge in [0, 0.05) is 45.9 Å². The Hall–Kier alpha value is -4.83. The van der Waals surface area contributed by atoms with Crippen LogP contribution in [0.4, 0.5) is 0 Å². The molecule has 0 spiro atoms. The van der Waals surface area contributed by atoms with Gasteiger partial charge in [-0.3, -0.25) is 33.3 Å². The standard InChI is InChI=1S/C18H18N2O3.C14H12N2O2.C4H7ClO/c1-9(2)17-19-13-11-7-5-6-8-12(11)15(21)16(22)14(13)20(17)18(23)10(3)4;1-7(2)14-15-10-8-5-3-4-6-9(8)12(17)13(18)11(10)16-14;1-3(2)4(5)6/h5-10H,1-4H3;3-7H,1-2H3,(H,15,16);3H,1-2H3. The lowest BCUT2D eigenvalue weighted by atomic mass is 9.90. The van der Waals surface area contributed by atoms with E-state index in [9.17, 15) is 28.8 Å². The molecule has 10 nitrogen and oxygen atoms in total. The van der Waals surface area contributed by atoms with Crippen molar-refractivity contribution in [2.45, 2.75) is 67.2 Å². The van der Waals surface area contributed by atoms with E-state index in [1.165, 1.54) is 4.57 Å². The summed E-state index contributed by atoms with van der Waals surface area (Å²) in [6, 6.07) is 14.0. The van der Waals surface area contributed by atoms with Crippen molar-refractivity contribution in [3.63, 3.8) is 0 Å². The van der Waals surface area contributed by atoms with Gasteiger partial charge in [0.1, 0.15) is 34.4 Å². The van der Waals surface area contributed by atoms with Crippen LogP contribution < -0.4 is 0 Å². The van der Waals surface area contributed by atoms with Crippen molar-refractivity contribution in [3.8, 4) is 22.5 Å². The molecule has 1 N–H and O–H groups in total. The maximum Gasteiger partial charge on any atom is 0.252 e. The third-order valence-corrected chi connectivity index (χ3v) is 8.00. The molecule has 2 aliphatic carbocycles.